The second-order valence-electron chi connectivity index (χ2n) is 8.82. The molecule has 6 N–H and O–H groups in total. The van der Waals surface area contributed by atoms with Gasteiger partial charge in [0.1, 0.15) is 29.7 Å². The van der Waals surface area contributed by atoms with Gasteiger partial charge in [-0.3, -0.25) is 24.6 Å². The molecule has 2 aromatic heterocycles. The number of thioether (sulfide) groups is 2. The zero-order valence-electron chi connectivity index (χ0n) is 21.0. The van der Waals surface area contributed by atoms with Crippen LogP contribution >= 0.6 is 34.9 Å². The highest BCUT2D eigenvalue weighted by atomic mass is 32.2. The number of nitrogens with zero attached hydrogens (tertiary/aromatic N) is 4. The van der Waals surface area contributed by atoms with Crippen LogP contribution in [0.1, 0.15) is 10.9 Å². The Morgan fingerprint density at radius 2 is 2.05 bits per heavy atom. The number of urea groups is 2. The monoisotopic (exact) mass is 636 g/mol. The third-order valence-corrected chi connectivity index (χ3v) is 9.38. The largest absolute Gasteiger partial charge is 0.591 e. The molecular weight excluding hydrogens is 616 g/mol. The molecule has 20 heteroatoms. The Morgan fingerprint density at radius 1 is 1.26 bits per heavy atom. The average Bonchev–Trinajstić information content (AvgIpc) is 3.59. The summed E-state index contributed by atoms with van der Waals surface area (Å²) < 4.78 is 0. The van der Waals surface area contributed by atoms with Crippen LogP contribution in [0.2, 0.25) is 0 Å². The number of imide groups is 1. The fourth-order valence-corrected chi connectivity index (χ4v) is 7.30. The van der Waals surface area contributed by atoms with Crippen LogP contribution in [0.5, 0.6) is 5.88 Å². The summed E-state index contributed by atoms with van der Waals surface area (Å²) in [4.78, 5) is 75.7. The van der Waals surface area contributed by atoms with Crippen molar-refractivity contribution in [2.75, 3.05) is 18.1 Å². The smallest absolute Gasteiger partial charge is 0.403 e. The number of hydrazine groups is 1. The van der Waals surface area contributed by atoms with Crippen molar-refractivity contribution in [3.63, 3.8) is 0 Å². The highest BCUT2D eigenvalue weighted by Crippen LogP contribution is 2.41. The number of rotatable bonds is 9. The number of β-lactam (4-membered cyclic amide) rings is 1. The van der Waals surface area contributed by atoms with Gasteiger partial charge in [0.05, 0.1) is 6.07 Å². The van der Waals surface area contributed by atoms with Crippen LogP contribution in [-0.4, -0.2) is 90.4 Å². The third kappa shape index (κ3) is 5.76. The first-order chi connectivity index (χ1) is 20.0. The highest BCUT2D eigenvalue weighted by Gasteiger charge is 2.54. The first kappa shape index (κ1) is 29.0. The number of aliphatic carboxylic acids is 1. The van der Waals surface area contributed by atoms with Gasteiger partial charge in [0.15, 0.2) is 5.03 Å². The summed E-state index contributed by atoms with van der Waals surface area (Å²) in [6.07, 6.45) is 0. The summed E-state index contributed by atoms with van der Waals surface area (Å²) in [6, 6.07) is 1.63. The summed E-state index contributed by atoms with van der Waals surface area (Å²) in [5, 5.41) is 43.3. The Labute approximate surface area is 247 Å². The van der Waals surface area contributed by atoms with E-state index in [2.05, 4.69) is 21.2 Å². The molecule has 0 aromatic carbocycles. The lowest BCUT2D eigenvalue weighted by atomic mass is 10.0. The lowest BCUT2D eigenvalue weighted by Crippen LogP contribution is -2.71. The van der Waals surface area contributed by atoms with Gasteiger partial charge in [-0.15, -0.1) is 23.1 Å². The molecule has 0 spiro atoms. The average molecular weight is 637 g/mol. The lowest BCUT2D eigenvalue weighted by Gasteiger charge is -2.49. The van der Waals surface area contributed by atoms with Crippen molar-refractivity contribution < 1.29 is 43.8 Å². The van der Waals surface area contributed by atoms with Crippen LogP contribution in [-0.2, 0) is 19.2 Å². The second kappa shape index (κ2) is 11.7. The Hall–Kier alpha value is -4.56. The molecule has 42 heavy (non-hydrogen) atoms. The van der Waals surface area contributed by atoms with E-state index in [4.69, 9.17) is 0 Å². The standard InChI is InChI=1S/C22H20N8O9S3/c31-11-6-28(22(38)23-11)27-21(37)25-14(10-2-1-5-40-10)17(33)24-15-18(34)29-16(20(35)36)9(8-42-19(15)29)7-41-12-3-4-13(32)30(39)26-12/h1-5,14-15,19,32H,6-8H2,(H,24,33)(H,35,36)(H,23,31,38)(H2,25,27,37)/t14?,15-,19?/m0/s1. The maximum absolute atomic E-state index is 13.3. The molecule has 220 valence electrons. The van der Waals surface area contributed by atoms with E-state index in [1.54, 1.807) is 17.5 Å². The lowest BCUT2D eigenvalue weighted by molar-refractivity contribution is -0.679. The van der Waals surface area contributed by atoms with E-state index in [0.29, 0.717) is 10.5 Å². The third-order valence-electron chi connectivity index (χ3n) is 6.10. The summed E-state index contributed by atoms with van der Waals surface area (Å²) in [6.45, 7) is -0.405. The number of amides is 7. The number of carbonyl (C=O) groups excluding carboxylic acids is 5. The SMILES string of the molecule is O=C1CN(NC(=O)NC(C(=O)N[C@H]2C(=O)N3C(C(=O)O)=C(CSc4ccc(O)[n+]([O-])n4)CSC23)c2cccs2)C(=O)N1. The molecule has 2 fully saturated rings. The summed E-state index contributed by atoms with van der Waals surface area (Å²) in [7, 11) is 0. The normalized spacial score (nSPS) is 20.4. The topological polar surface area (TPSA) is 237 Å². The number of hydrogen-bond acceptors (Lipinski definition) is 12. The number of aromatic nitrogens is 2. The summed E-state index contributed by atoms with van der Waals surface area (Å²) in [5.41, 5.74) is 2.35. The fraction of sp³-hybridized carbons (Fsp3) is 0.273. The maximum Gasteiger partial charge on any atom is 0.403 e. The van der Waals surface area contributed by atoms with Gasteiger partial charge in [0.25, 0.3) is 5.91 Å². The van der Waals surface area contributed by atoms with Crippen LogP contribution in [0.25, 0.3) is 0 Å². The first-order valence-electron chi connectivity index (χ1n) is 11.9. The number of nitrogens with one attached hydrogen (secondary N) is 4. The van der Waals surface area contributed by atoms with E-state index in [9.17, 15) is 44.2 Å². The molecule has 3 aliphatic heterocycles. The molecular formula is C22H20N8O9S3. The van der Waals surface area contributed by atoms with Gasteiger partial charge in [0.2, 0.25) is 11.8 Å². The van der Waals surface area contributed by atoms with Gasteiger partial charge in [-0.2, -0.15) is 0 Å². The fourth-order valence-electron chi connectivity index (χ4n) is 4.19. The van der Waals surface area contributed by atoms with Crippen molar-refractivity contribution in [3.05, 3.63) is 51.0 Å². The van der Waals surface area contributed by atoms with E-state index < -0.39 is 65.6 Å². The molecule has 0 radical (unpaired) electrons. The minimum Gasteiger partial charge on any atom is -0.591 e. The van der Waals surface area contributed by atoms with Crippen LogP contribution in [0, 0.1) is 5.21 Å². The first-order valence-corrected chi connectivity index (χ1v) is 14.8. The van der Waals surface area contributed by atoms with E-state index in [-0.39, 0.29) is 27.1 Å². The number of carboxylic acid groups (broad SMARTS) is 1. The summed E-state index contributed by atoms with van der Waals surface area (Å²) in [5.74, 6) is -3.66. The van der Waals surface area contributed by atoms with Gasteiger partial charge in [-0.05, 0) is 27.9 Å². The van der Waals surface area contributed by atoms with Crippen LogP contribution < -0.4 is 26.2 Å². The minimum absolute atomic E-state index is 0.0265. The van der Waals surface area contributed by atoms with Crippen molar-refractivity contribution in [2.24, 2.45) is 0 Å². The quantitative estimate of drug-likeness (QED) is 0.0627. The van der Waals surface area contributed by atoms with Gasteiger partial charge < -0.3 is 26.1 Å². The van der Waals surface area contributed by atoms with Gasteiger partial charge in [0, 0.05) is 21.5 Å². The highest BCUT2D eigenvalue weighted by molar-refractivity contribution is 8.01. The molecule has 3 aliphatic rings. The Bertz CT molecular complexity index is 1520. The van der Waals surface area contributed by atoms with Crippen LogP contribution in [0.15, 0.2) is 45.9 Å². The van der Waals surface area contributed by atoms with Crippen molar-refractivity contribution in [1.29, 1.82) is 0 Å². The zero-order valence-corrected chi connectivity index (χ0v) is 23.5. The molecule has 2 unspecified atom stereocenters. The zero-order chi connectivity index (χ0) is 30.1. The predicted molar refractivity (Wildman–Crippen MR) is 144 cm³/mol. The van der Waals surface area contributed by atoms with Crippen molar-refractivity contribution in [2.45, 2.75) is 22.5 Å². The van der Waals surface area contributed by atoms with Crippen LogP contribution in [0.4, 0.5) is 9.59 Å². The molecule has 7 amide bonds. The van der Waals surface area contributed by atoms with Crippen molar-refractivity contribution >= 4 is 70.6 Å². The van der Waals surface area contributed by atoms with Crippen LogP contribution in [0.3, 0.4) is 0 Å². The molecule has 2 aromatic rings. The van der Waals surface area contributed by atoms with Gasteiger partial charge in [-0.25, -0.2) is 24.8 Å². The van der Waals surface area contributed by atoms with Gasteiger partial charge in [-0.1, -0.05) is 17.8 Å². The molecule has 0 saturated carbocycles. The molecule has 5 heterocycles. The molecule has 2 saturated heterocycles. The number of aromatic hydroxyl groups is 1. The molecule has 3 atom stereocenters. The Balaban J connectivity index is 1.26. The maximum atomic E-state index is 13.3. The number of carbonyl (C=O) groups is 6. The molecule has 0 bridgehead atoms. The number of thiophene rings is 1. The number of carboxylic acids is 1. The predicted octanol–water partition coefficient (Wildman–Crippen LogP) is -1.18. The number of hydrogen-bond donors (Lipinski definition) is 6. The minimum atomic E-state index is -1.34. The Kier molecular flexibility index (Phi) is 8.09. The van der Waals surface area contributed by atoms with E-state index in [1.807, 2.05) is 5.32 Å². The van der Waals surface area contributed by atoms with E-state index in [0.717, 1.165) is 39.1 Å². The van der Waals surface area contributed by atoms with E-state index in [1.165, 1.54) is 17.8 Å². The number of fused-ring (bicyclic) bond motifs is 1. The van der Waals surface area contributed by atoms with Crippen molar-refractivity contribution in [1.82, 2.24) is 36.4 Å². The molecule has 17 nitrogen and oxygen atoms in total. The molecule has 0 aliphatic carbocycles. The summed E-state index contributed by atoms with van der Waals surface area (Å²) >= 11 is 3.44. The van der Waals surface area contributed by atoms with E-state index >= 15 is 0 Å². The molecule has 5 rings (SSSR count). The van der Waals surface area contributed by atoms with Gasteiger partial charge >= 0.3 is 23.9 Å². The van der Waals surface area contributed by atoms with Crippen molar-refractivity contribution in [3.8, 4) is 5.88 Å². The second-order valence-corrected chi connectivity index (χ2v) is 11.9. The Morgan fingerprint density at radius 3 is 2.69 bits per heavy atom.